The fourth-order valence-electron chi connectivity index (χ4n) is 5.59. The van der Waals surface area contributed by atoms with Crippen LogP contribution < -0.4 is 0 Å². The highest BCUT2D eigenvalue weighted by Crippen LogP contribution is 2.60. The fraction of sp³-hybridized carbons (Fsp3) is 0.714. The van der Waals surface area contributed by atoms with Crippen LogP contribution in [0.5, 0.6) is 0 Å². The second-order valence-electron chi connectivity index (χ2n) is 8.33. The van der Waals surface area contributed by atoms with E-state index in [-0.39, 0.29) is 41.9 Å². The number of fused-ring (bicyclic) bond motifs is 3. The van der Waals surface area contributed by atoms with Gasteiger partial charge in [-0.2, -0.15) is 0 Å². The summed E-state index contributed by atoms with van der Waals surface area (Å²) < 4.78 is 10.2. The summed E-state index contributed by atoms with van der Waals surface area (Å²) in [5, 5.41) is 10.9. The van der Waals surface area contributed by atoms with Crippen LogP contribution in [-0.4, -0.2) is 43.6 Å². The highest BCUT2D eigenvalue weighted by Gasteiger charge is 2.64. The number of hydrogen-bond acceptors (Lipinski definition) is 5. The highest BCUT2D eigenvalue weighted by molar-refractivity contribution is 6.78. The van der Waals surface area contributed by atoms with Crippen LogP contribution >= 0.6 is 0 Å². The molecule has 0 aromatic carbocycles. The quantitative estimate of drug-likeness (QED) is 0.232. The van der Waals surface area contributed by atoms with Crippen molar-refractivity contribution in [2.75, 3.05) is 14.2 Å². The molecule has 5 atom stereocenters. The van der Waals surface area contributed by atoms with Gasteiger partial charge in [0.25, 0.3) is 0 Å². The number of aliphatic hydroxyl groups is 1. The lowest BCUT2D eigenvalue weighted by atomic mass is 9.33. The molecule has 5 unspecified atom stereocenters. The van der Waals surface area contributed by atoms with Crippen LogP contribution in [0, 0.1) is 11.8 Å². The molecule has 0 spiro atoms. The number of Topliss-reactive ketones (excluding diaryl/α,β-unsaturated/α-hetero) is 1. The van der Waals surface area contributed by atoms with Crippen molar-refractivity contribution in [1.82, 2.24) is 0 Å². The monoisotopic (exact) mass is 374 g/mol. The lowest BCUT2D eigenvalue weighted by molar-refractivity contribution is -0.174. The Labute approximate surface area is 162 Å². The standard InChI is InChI=1S/C21H31BO5/c1-5-6-7-8-9-16-19(23)21(25,27-4)18-12-15-10-14(11-17(15)22(16)18)13(2)20(24)26-3/h12,14-17,25H,2,5-11H2,1,3-4H3. The van der Waals surface area contributed by atoms with Crippen molar-refractivity contribution in [1.29, 1.82) is 0 Å². The maximum absolute atomic E-state index is 13.0. The Hall–Kier alpha value is -1.40. The molecule has 1 saturated carbocycles. The third-order valence-corrected chi connectivity index (χ3v) is 6.98. The number of esters is 1. The maximum atomic E-state index is 13.0. The molecular formula is C21H31BO5. The normalized spacial score (nSPS) is 34.4. The SMILES string of the molecule is C=C(C(=O)OC)C1CC2C=C3B(C(CCCCCC)C(=O)C3(O)OC)C2C1. The summed E-state index contributed by atoms with van der Waals surface area (Å²) in [4.78, 5) is 24.9. The molecule has 2 aliphatic heterocycles. The topological polar surface area (TPSA) is 72.8 Å². The van der Waals surface area contributed by atoms with E-state index in [2.05, 4.69) is 13.5 Å². The molecule has 2 fully saturated rings. The predicted molar refractivity (Wildman–Crippen MR) is 104 cm³/mol. The number of ether oxygens (including phenoxy) is 2. The van der Waals surface area contributed by atoms with Crippen LogP contribution in [0.4, 0.5) is 0 Å². The first-order chi connectivity index (χ1) is 12.9. The van der Waals surface area contributed by atoms with Gasteiger partial charge < -0.3 is 14.6 Å². The Morgan fingerprint density at radius 2 is 2.07 bits per heavy atom. The van der Waals surface area contributed by atoms with Gasteiger partial charge in [0.05, 0.1) is 7.11 Å². The van der Waals surface area contributed by atoms with Crippen molar-refractivity contribution in [3.8, 4) is 0 Å². The Bertz CT molecular complexity index is 657. The number of ketones is 1. The zero-order chi connectivity index (χ0) is 19.8. The minimum atomic E-state index is -1.76. The van der Waals surface area contributed by atoms with Crippen molar-refractivity contribution in [3.05, 3.63) is 23.7 Å². The van der Waals surface area contributed by atoms with E-state index in [9.17, 15) is 14.7 Å². The molecule has 27 heavy (non-hydrogen) atoms. The number of rotatable bonds is 8. The van der Waals surface area contributed by atoms with E-state index in [0.29, 0.717) is 5.57 Å². The summed E-state index contributed by atoms with van der Waals surface area (Å²) in [7, 11) is 2.78. The molecule has 1 saturated heterocycles. The molecule has 0 amide bonds. The van der Waals surface area contributed by atoms with Gasteiger partial charge in [-0.1, -0.05) is 51.1 Å². The molecule has 0 aromatic heterocycles. The summed E-state index contributed by atoms with van der Waals surface area (Å²) in [6.07, 6.45) is 8.87. The zero-order valence-electron chi connectivity index (χ0n) is 16.7. The van der Waals surface area contributed by atoms with Crippen molar-refractivity contribution in [2.45, 2.75) is 69.3 Å². The summed E-state index contributed by atoms with van der Waals surface area (Å²) in [5.41, 5.74) is 1.28. The molecule has 3 rings (SSSR count). The number of carbonyl (C=O) groups excluding carboxylic acids is 2. The first kappa shape index (κ1) is 20.3. The second kappa shape index (κ2) is 7.92. The first-order valence-corrected chi connectivity index (χ1v) is 10.2. The van der Waals surface area contributed by atoms with Crippen LogP contribution in [0.15, 0.2) is 23.7 Å². The Kier molecular flexibility index (Phi) is 5.97. The van der Waals surface area contributed by atoms with Crippen molar-refractivity contribution >= 4 is 18.5 Å². The van der Waals surface area contributed by atoms with Gasteiger partial charge in [0.1, 0.15) is 0 Å². The third-order valence-electron chi connectivity index (χ3n) is 6.98. The van der Waals surface area contributed by atoms with Crippen LogP contribution in [0.2, 0.25) is 11.6 Å². The average Bonchev–Trinajstić information content (AvgIpc) is 3.29. The molecule has 148 valence electrons. The summed E-state index contributed by atoms with van der Waals surface area (Å²) in [6, 6.07) is 0. The van der Waals surface area contributed by atoms with E-state index in [1.165, 1.54) is 14.2 Å². The average molecular weight is 374 g/mol. The maximum Gasteiger partial charge on any atom is 0.333 e. The van der Waals surface area contributed by atoms with E-state index >= 15 is 0 Å². The Balaban J connectivity index is 1.80. The van der Waals surface area contributed by atoms with Crippen molar-refractivity contribution in [3.63, 3.8) is 0 Å². The molecule has 1 aliphatic carbocycles. The molecular weight excluding hydrogens is 343 g/mol. The minimum absolute atomic E-state index is 0.0181. The van der Waals surface area contributed by atoms with Gasteiger partial charge in [-0.25, -0.2) is 4.79 Å². The van der Waals surface area contributed by atoms with E-state index in [1.54, 1.807) is 0 Å². The summed E-state index contributed by atoms with van der Waals surface area (Å²) in [5.74, 6) is -1.91. The zero-order valence-corrected chi connectivity index (χ0v) is 16.7. The van der Waals surface area contributed by atoms with E-state index in [4.69, 9.17) is 9.47 Å². The number of allylic oxidation sites excluding steroid dienone is 1. The first-order valence-electron chi connectivity index (χ1n) is 10.2. The van der Waals surface area contributed by atoms with Gasteiger partial charge in [-0.3, -0.25) is 4.79 Å². The lowest BCUT2D eigenvalue weighted by Gasteiger charge is -2.22. The van der Waals surface area contributed by atoms with Crippen LogP contribution in [0.3, 0.4) is 0 Å². The van der Waals surface area contributed by atoms with E-state index in [1.807, 2.05) is 6.08 Å². The molecule has 3 aliphatic rings. The highest BCUT2D eigenvalue weighted by atomic mass is 16.6. The molecule has 6 heteroatoms. The van der Waals surface area contributed by atoms with Crippen LogP contribution in [-0.2, 0) is 19.1 Å². The number of carbonyl (C=O) groups is 2. The molecule has 0 radical (unpaired) electrons. The number of hydrogen-bond donors (Lipinski definition) is 1. The fourth-order valence-corrected chi connectivity index (χ4v) is 5.59. The summed E-state index contributed by atoms with van der Waals surface area (Å²) >= 11 is 0. The lowest BCUT2D eigenvalue weighted by Crippen LogP contribution is -2.38. The summed E-state index contributed by atoms with van der Waals surface area (Å²) in [6.45, 7) is 6.12. The van der Waals surface area contributed by atoms with Crippen molar-refractivity contribution in [2.24, 2.45) is 11.8 Å². The smallest absolute Gasteiger partial charge is 0.333 e. The van der Waals surface area contributed by atoms with Gasteiger partial charge in [0, 0.05) is 18.5 Å². The Morgan fingerprint density at radius 3 is 2.70 bits per heavy atom. The van der Waals surface area contributed by atoms with Gasteiger partial charge in [-0.05, 0) is 36.6 Å². The molecule has 5 nitrogen and oxygen atoms in total. The van der Waals surface area contributed by atoms with Gasteiger partial charge in [0.2, 0.25) is 5.79 Å². The van der Waals surface area contributed by atoms with E-state index in [0.717, 1.165) is 50.4 Å². The number of unbranched alkanes of at least 4 members (excludes halogenated alkanes) is 3. The van der Waals surface area contributed by atoms with Gasteiger partial charge in [0.15, 0.2) is 12.5 Å². The predicted octanol–water partition coefficient (Wildman–Crippen LogP) is 3.34. The van der Waals surface area contributed by atoms with Gasteiger partial charge >= 0.3 is 5.97 Å². The third kappa shape index (κ3) is 3.31. The molecule has 0 bridgehead atoms. The minimum Gasteiger partial charge on any atom is -0.466 e. The molecule has 0 aromatic rings. The van der Waals surface area contributed by atoms with Crippen molar-refractivity contribution < 1.29 is 24.2 Å². The Morgan fingerprint density at radius 1 is 1.33 bits per heavy atom. The van der Waals surface area contributed by atoms with Crippen LogP contribution in [0.1, 0.15) is 51.9 Å². The largest absolute Gasteiger partial charge is 0.466 e. The molecule has 1 N–H and O–H groups in total. The second-order valence-corrected chi connectivity index (χ2v) is 8.33. The van der Waals surface area contributed by atoms with E-state index < -0.39 is 5.79 Å². The molecule has 2 heterocycles. The number of methoxy groups -OCH3 is 2. The van der Waals surface area contributed by atoms with Gasteiger partial charge in [-0.15, -0.1) is 0 Å². The van der Waals surface area contributed by atoms with Crippen LogP contribution in [0.25, 0.3) is 0 Å².